The smallest absolute Gasteiger partial charge is 0.407 e. The third-order valence-corrected chi connectivity index (χ3v) is 5.00. The van der Waals surface area contributed by atoms with Crippen molar-refractivity contribution >= 4 is 33.7 Å². The second kappa shape index (κ2) is 9.92. The molecule has 0 saturated carbocycles. The lowest BCUT2D eigenvalue weighted by Crippen LogP contribution is -2.33. The number of nitrogens with zero attached hydrogens (tertiary/aromatic N) is 5. The topological polar surface area (TPSA) is 141 Å². The zero-order valence-corrected chi connectivity index (χ0v) is 19.7. The molecule has 1 aromatic carbocycles. The number of benzene rings is 1. The molecule has 0 radical (unpaired) electrons. The first-order chi connectivity index (χ1) is 16.7. The van der Waals surface area contributed by atoms with Gasteiger partial charge in [-0.1, -0.05) is 11.3 Å². The molecule has 3 aromatic heterocycles. The molecule has 0 atom stereocenters. The predicted octanol–water partition coefficient (Wildman–Crippen LogP) is 3.22. The normalized spacial score (nSPS) is 11.5. The zero-order chi connectivity index (χ0) is 25.0. The summed E-state index contributed by atoms with van der Waals surface area (Å²) in [6, 6.07) is 6.61. The summed E-state index contributed by atoms with van der Waals surface area (Å²) >= 11 is 0. The molecule has 0 aliphatic carbocycles. The van der Waals surface area contributed by atoms with Gasteiger partial charge < -0.3 is 19.9 Å². The standard InChI is InChI=1S/C24H26N6O5/c1-24(2,3)35-23(33)26-9-6-16-14-30(29-28-16)10-11-34-21-18-7-8-25-13-19(18)17-5-4-15(22(31)32)12-20(17)27-21/h4-5,7-8,12-14H,6,9-11H2,1-3H3,(H,26,33)(H,31,32). The van der Waals surface area contributed by atoms with Crippen LogP contribution in [0.2, 0.25) is 0 Å². The van der Waals surface area contributed by atoms with Gasteiger partial charge in [0.15, 0.2) is 0 Å². The number of amides is 1. The minimum atomic E-state index is -1.02. The highest BCUT2D eigenvalue weighted by Gasteiger charge is 2.16. The van der Waals surface area contributed by atoms with Crippen LogP contribution in [0.1, 0.15) is 36.8 Å². The Labute approximate surface area is 201 Å². The number of carbonyl (C=O) groups excluding carboxylic acids is 1. The number of carbonyl (C=O) groups is 2. The van der Waals surface area contributed by atoms with Crippen LogP contribution in [0, 0.1) is 0 Å². The van der Waals surface area contributed by atoms with Crippen LogP contribution in [0.25, 0.3) is 21.7 Å². The minimum absolute atomic E-state index is 0.149. The average Bonchev–Trinajstić information content (AvgIpc) is 3.25. The first kappa shape index (κ1) is 23.9. The number of rotatable bonds is 8. The molecule has 0 fully saturated rings. The summed E-state index contributed by atoms with van der Waals surface area (Å²) in [6.45, 7) is 6.49. The third kappa shape index (κ3) is 5.99. The van der Waals surface area contributed by atoms with Gasteiger partial charge in [-0.15, -0.1) is 5.10 Å². The molecule has 11 heteroatoms. The fourth-order valence-electron chi connectivity index (χ4n) is 3.47. The van der Waals surface area contributed by atoms with E-state index in [4.69, 9.17) is 9.47 Å². The Balaban J connectivity index is 1.39. The fraction of sp³-hybridized carbons (Fsp3) is 0.333. The molecular weight excluding hydrogens is 452 g/mol. The van der Waals surface area contributed by atoms with E-state index in [9.17, 15) is 14.7 Å². The summed E-state index contributed by atoms with van der Waals surface area (Å²) in [5.41, 5.74) is 0.840. The van der Waals surface area contributed by atoms with Crippen molar-refractivity contribution < 1.29 is 24.2 Å². The number of carboxylic acid groups (broad SMARTS) is 1. The molecule has 0 bridgehead atoms. The summed E-state index contributed by atoms with van der Waals surface area (Å²) in [5, 5.41) is 22.6. The first-order valence-corrected chi connectivity index (χ1v) is 11.1. The third-order valence-electron chi connectivity index (χ3n) is 5.00. The Morgan fingerprint density at radius 2 is 1.97 bits per heavy atom. The monoisotopic (exact) mass is 478 g/mol. The minimum Gasteiger partial charge on any atom is -0.478 e. The number of aromatic carboxylic acids is 1. The number of alkyl carbamates (subject to hydrolysis) is 1. The van der Waals surface area contributed by atoms with E-state index in [1.807, 2.05) is 6.07 Å². The number of nitrogens with one attached hydrogen (secondary N) is 1. The van der Waals surface area contributed by atoms with Gasteiger partial charge in [0.1, 0.15) is 12.2 Å². The van der Waals surface area contributed by atoms with E-state index in [0.29, 0.717) is 30.9 Å². The Kier molecular flexibility index (Phi) is 6.76. The Morgan fingerprint density at radius 3 is 2.74 bits per heavy atom. The number of ether oxygens (including phenoxy) is 2. The van der Waals surface area contributed by atoms with Gasteiger partial charge in [0.05, 0.1) is 23.3 Å². The second-order valence-corrected chi connectivity index (χ2v) is 8.88. The molecular formula is C24H26N6O5. The highest BCUT2D eigenvalue weighted by molar-refractivity contribution is 6.08. The summed E-state index contributed by atoms with van der Waals surface area (Å²) in [6.07, 6.45) is 5.19. The molecule has 0 aliphatic rings. The molecule has 0 aliphatic heterocycles. The average molecular weight is 479 g/mol. The van der Waals surface area contributed by atoms with Crippen molar-refractivity contribution in [2.75, 3.05) is 13.2 Å². The van der Waals surface area contributed by atoms with E-state index in [2.05, 4.69) is 25.6 Å². The van der Waals surface area contributed by atoms with Crippen LogP contribution in [0.4, 0.5) is 4.79 Å². The highest BCUT2D eigenvalue weighted by atomic mass is 16.6. The van der Waals surface area contributed by atoms with Crippen LogP contribution in [0.15, 0.2) is 42.9 Å². The van der Waals surface area contributed by atoms with E-state index < -0.39 is 17.7 Å². The van der Waals surface area contributed by atoms with Crippen molar-refractivity contribution in [2.45, 2.75) is 39.3 Å². The second-order valence-electron chi connectivity index (χ2n) is 8.88. The highest BCUT2D eigenvalue weighted by Crippen LogP contribution is 2.30. The van der Waals surface area contributed by atoms with Crippen molar-refractivity contribution in [3.05, 3.63) is 54.1 Å². The van der Waals surface area contributed by atoms with Crippen LogP contribution in [0.3, 0.4) is 0 Å². The van der Waals surface area contributed by atoms with E-state index in [1.54, 1.807) is 56.2 Å². The van der Waals surface area contributed by atoms with Crippen molar-refractivity contribution in [2.24, 2.45) is 0 Å². The van der Waals surface area contributed by atoms with Crippen LogP contribution in [-0.4, -0.2) is 60.9 Å². The molecule has 2 N–H and O–H groups in total. The van der Waals surface area contributed by atoms with Crippen LogP contribution >= 0.6 is 0 Å². The summed E-state index contributed by atoms with van der Waals surface area (Å²) in [7, 11) is 0. The maximum absolute atomic E-state index is 11.7. The molecule has 11 nitrogen and oxygen atoms in total. The van der Waals surface area contributed by atoms with Crippen molar-refractivity contribution in [1.29, 1.82) is 0 Å². The van der Waals surface area contributed by atoms with E-state index in [-0.39, 0.29) is 12.2 Å². The molecule has 4 aromatic rings. The maximum Gasteiger partial charge on any atom is 0.407 e. The van der Waals surface area contributed by atoms with Crippen molar-refractivity contribution in [3.8, 4) is 5.88 Å². The number of hydrogen-bond acceptors (Lipinski definition) is 8. The van der Waals surface area contributed by atoms with Gasteiger partial charge in [-0.05, 0) is 39.0 Å². The number of carboxylic acids is 1. The summed E-state index contributed by atoms with van der Waals surface area (Å²) in [4.78, 5) is 31.8. The van der Waals surface area contributed by atoms with Gasteiger partial charge in [0.25, 0.3) is 0 Å². The molecule has 182 valence electrons. The number of pyridine rings is 2. The molecule has 1 amide bonds. The SMILES string of the molecule is CC(C)(C)OC(=O)NCCc1cn(CCOc2nc3cc(C(=O)O)ccc3c3cnccc23)nn1. The zero-order valence-electron chi connectivity index (χ0n) is 19.7. The van der Waals surface area contributed by atoms with Gasteiger partial charge in [-0.3, -0.25) is 4.98 Å². The van der Waals surface area contributed by atoms with E-state index >= 15 is 0 Å². The molecule has 3 heterocycles. The molecule has 4 rings (SSSR count). The molecule has 0 spiro atoms. The number of hydrogen-bond donors (Lipinski definition) is 2. The van der Waals surface area contributed by atoms with Crippen LogP contribution in [0.5, 0.6) is 5.88 Å². The predicted molar refractivity (Wildman–Crippen MR) is 127 cm³/mol. The van der Waals surface area contributed by atoms with Gasteiger partial charge in [-0.25, -0.2) is 19.3 Å². The van der Waals surface area contributed by atoms with Crippen LogP contribution < -0.4 is 10.1 Å². The van der Waals surface area contributed by atoms with Gasteiger partial charge >= 0.3 is 12.1 Å². The number of fused-ring (bicyclic) bond motifs is 3. The molecule has 0 unspecified atom stereocenters. The van der Waals surface area contributed by atoms with Crippen molar-refractivity contribution in [1.82, 2.24) is 30.3 Å². The summed E-state index contributed by atoms with van der Waals surface area (Å²) in [5.74, 6) is -0.634. The van der Waals surface area contributed by atoms with Gasteiger partial charge in [0, 0.05) is 47.7 Å². The van der Waals surface area contributed by atoms with Crippen molar-refractivity contribution in [3.63, 3.8) is 0 Å². The van der Waals surface area contributed by atoms with E-state index in [1.165, 1.54) is 6.07 Å². The summed E-state index contributed by atoms with van der Waals surface area (Å²) < 4.78 is 12.8. The van der Waals surface area contributed by atoms with Gasteiger partial charge in [-0.2, -0.15) is 0 Å². The quantitative estimate of drug-likeness (QED) is 0.365. The molecule has 0 saturated heterocycles. The largest absolute Gasteiger partial charge is 0.478 e. The first-order valence-electron chi connectivity index (χ1n) is 11.1. The Morgan fingerprint density at radius 1 is 1.14 bits per heavy atom. The lowest BCUT2D eigenvalue weighted by Gasteiger charge is -2.19. The van der Waals surface area contributed by atoms with E-state index in [0.717, 1.165) is 21.9 Å². The lowest BCUT2D eigenvalue weighted by atomic mass is 10.1. The lowest BCUT2D eigenvalue weighted by molar-refractivity contribution is 0.0527. The Hall–Kier alpha value is -4.28. The maximum atomic E-state index is 11.7. The van der Waals surface area contributed by atoms with Crippen LogP contribution in [-0.2, 0) is 17.7 Å². The molecule has 35 heavy (non-hydrogen) atoms. The fourth-order valence-corrected chi connectivity index (χ4v) is 3.47. The van der Waals surface area contributed by atoms with Gasteiger partial charge in [0.2, 0.25) is 5.88 Å². The number of aromatic nitrogens is 5. The Bertz CT molecular complexity index is 1380.